The quantitative estimate of drug-likeness (QED) is 0.751. The van der Waals surface area contributed by atoms with Gasteiger partial charge in [-0.2, -0.15) is 13.2 Å². The zero-order chi connectivity index (χ0) is 14.3. The third-order valence-electron chi connectivity index (χ3n) is 2.29. The number of hydrogen-bond acceptors (Lipinski definition) is 3. The fourth-order valence-corrected chi connectivity index (χ4v) is 1.08. The van der Waals surface area contributed by atoms with Crippen LogP contribution in [0.5, 0.6) is 0 Å². The SMILES string of the molecule is CCC(C)OC(=O)CC(C)CNC(=O)C(F)(F)F. The number of alkyl halides is 3. The predicted molar refractivity (Wildman–Crippen MR) is 58.7 cm³/mol. The van der Waals surface area contributed by atoms with E-state index in [2.05, 4.69) is 0 Å². The molecule has 0 aromatic rings. The van der Waals surface area contributed by atoms with Crippen LogP contribution in [0.15, 0.2) is 0 Å². The molecule has 0 aromatic heterocycles. The van der Waals surface area contributed by atoms with Crippen molar-refractivity contribution < 1.29 is 27.5 Å². The number of esters is 1. The van der Waals surface area contributed by atoms with Crippen LogP contribution in [0.25, 0.3) is 0 Å². The average Bonchev–Trinajstić information content (AvgIpc) is 2.23. The van der Waals surface area contributed by atoms with E-state index in [9.17, 15) is 22.8 Å². The molecule has 2 unspecified atom stereocenters. The van der Waals surface area contributed by atoms with Crippen LogP contribution in [0.1, 0.15) is 33.6 Å². The Bertz CT molecular complexity index is 292. The Labute approximate surface area is 104 Å². The second-order valence-corrected chi connectivity index (χ2v) is 4.23. The van der Waals surface area contributed by atoms with Crippen molar-refractivity contribution in [3.8, 4) is 0 Å². The van der Waals surface area contributed by atoms with E-state index in [1.165, 1.54) is 0 Å². The summed E-state index contributed by atoms with van der Waals surface area (Å²) >= 11 is 0. The zero-order valence-corrected chi connectivity index (χ0v) is 10.6. The summed E-state index contributed by atoms with van der Waals surface area (Å²) < 4.78 is 40.6. The van der Waals surface area contributed by atoms with E-state index in [1.807, 2.05) is 6.92 Å². The molecule has 0 saturated heterocycles. The van der Waals surface area contributed by atoms with Crippen LogP contribution >= 0.6 is 0 Å². The van der Waals surface area contributed by atoms with E-state index in [0.29, 0.717) is 6.42 Å². The first-order valence-electron chi connectivity index (χ1n) is 5.71. The van der Waals surface area contributed by atoms with Crippen molar-refractivity contribution >= 4 is 11.9 Å². The van der Waals surface area contributed by atoms with Crippen LogP contribution in [0.3, 0.4) is 0 Å². The topological polar surface area (TPSA) is 55.4 Å². The van der Waals surface area contributed by atoms with Crippen LogP contribution in [-0.4, -0.2) is 30.7 Å². The largest absolute Gasteiger partial charge is 0.471 e. The second kappa shape index (κ2) is 7.23. The smallest absolute Gasteiger partial charge is 0.463 e. The molecule has 0 aliphatic rings. The van der Waals surface area contributed by atoms with E-state index in [4.69, 9.17) is 4.74 Å². The van der Waals surface area contributed by atoms with E-state index in [0.717, 1.165) is 0 Å². The van der Waals surface area contributed by atoms with Gasteiger partial charge < -0.3 is 10.1 Å². The summed E-state index contributed by atoms with van der Waals surface area (Å²) in [5, 5.41) is 1.72. The summed E-state index contributed by atoms with van der Waals surface area (Å²) in [5.41, 5.74) is 0. The van der Waals surface area contributed by atoms with Gasteiger partial charge in [-0.1, -0.05) is 13.8 Å². The van der Waals surface area contributed by atoms with Crippen LogP contribution in [0, 0.1) is 5.92 Å². The molecule has 1 N–H and O–H groups in total. The highest BCUT2D eigenvalue weighted by Crippen LogP contribution is 2.14. The first kappa shape index (κ1) is 16.7. The van der Waals surface area contributed by atoms with Gasteiger partial charge in [-0.05, 0) is 19.3 Å². The summed E-state index contributed by atoms with van der Waals surface area (Å²) in [6.07, 6.45) is -4.46. The van der Waals surface area contributed by atoms with Crippen molar-refractivity contribution in [3.63, 3.8) is 0 Å². The number of halogens is 3. The Morgan fingerprint density at radius 2 is 1.83 bits per heavy atom. The van der Waals surface area contributed by atoms with E-state index in [1.54, 1.807) is 19.2 Å². The average molecular weight is 269 g/mol. The number of ether oxygens (including phenoxy) is 1. The number of amides is 1. The molecule has 18 heavy (non-hydrogen) atoms. The molecule has 4 nitrogen and oxygen atoms in total. The van der Waals surface area contributed by atoms with Gasteiger partial charge >= 0.3 is 18.1 Å². The molecule has 1 amide bonds. The van der Waals surface area contributed by atoms with Gasteiger partial charge in [0.1, 0.15) is 0 Å². The molecule has 0 saturated carbocycles. The van der Waals surface area contributed by atoms with Gasteiger partial charge in [0.15, 0.2) is 0 Å². The number of carbonyl (C=O) groups excluding carboxylic acids is 2. The van der Waals surface area contributed by atoms with E-state index >= 15 is 0 Å². The lowest BCUT2D eigenvalue weighted by Crippen LogP contribution is -2.39. The molecule has 0 spiro atoms. The third kappa shape index (κ3) is 7.13. The summed E-state index contributed by atoms with van der Waals surface area (Å²) in [4.78, 5) is 21.8. The number of rotatable bonds is 6. The Morgan fingerprint density at radius 1 is 1.28 bits per heavy atom. The molecule has 0 radical (unpaired) electrons. The fourth-order valence-electron chi connectivity index (χ4n) is 1.08. The molecule has 0 aliphatic carbocycles. The molecular weight excluding hydrogens is 251 g/mol. The van der Waals surface area contributed by atoms with Gasteiger partial charge in [0.2, 0.25) is 0 Å². The van der Waals surface area contributed by atoms with Crippen molar-refractivity contribution in [1.82, 2.24) is 5.32 Å². The van der Waals surface area contributed by atoms with Gasteiger partial charge in [-0.15, -0.1) is 0 Å². The van der Waals surface area contributed by atoms with Crippen molar-refractivity contribution in [2.75, 3.05) is 6.54 Å². The first-order valence-corrected chi connectivity index (χ1v) is 5.71. The van der Waals surface area contributed by atoms with Crippen molar-refractivity contribution in [1.29, 1.82) is 0 Å². The molecule has 0 heterocycles. The highest BCUT2D eigenvalue weighted by Gasteiger charge is 2.38. The normalized spacial score (nSPS) is 14.8. The Balaban J connectivity index is 3.95. The minimum absolute atomic E-state index is 0.0253. The molecule has 2 atom stereocenters. The van der Waals surface area contributed by atoms with Gasteiger partial charge in [0.05, 0.1) is 6.10 Å². The molecule has 7 heteroatoms. The molecular formula is C11H18F3NO3. The van der Waals surface area contributed by atoms with Crippen molar-refractivity contribution in [3.05, 3.63) is 0 Å². The minimum Gasteiger partial charge on any atom is -0.463 e. The zero-order valence-electron chi connectivity index (χ0n) is 10.6. The lowest BCUT2D eigenvalue weighted by molar-refractivity contribution is -0.173. The fraction of sp³-hybridized carbons (Fsp3) is 0.818. The Kier molecular flexibility index (Phi) is 6.72. The third-order valence-corrected chi connectivity index (χ3v) is 2.29. The molecule has 106 valence electrons. The van der Waals surface area contributed by atoms with E-state index in [-0.39, 0.29) is 19.1 Å². The van der Waals surface area contributed by atoms with Crippen molar-refractivity contribution in [2.24, 2.45) is 5.92 Å². The van der Waals surface area contributed by atoms with Gasteiger partial charge in [-0.3, -0.25) is 9.59 Å². The number of hydrogen-bond donors (Lipinski definition) is 1. The molecule has 0 fully saturated rings. The standard InChI is InChI=1S/C11H18F3NO3/c1-4-8(3)18-9(16)5-7(2)6-15-10(17)11(12,13)14/h7-8H,4-6H2,1-3H3,(H,15,17). The van der Waals surface area contributed by atoms with Crippen LogP contribution in [-0.2, 0) is 14.3 Å². The molecule has 0 aromatic carbocycles. The maximum Gasteiger partial charge on any atom is 0.471 e. The van der Waals surface area contributed by atoms with Crippen LogP contribution in [0.4, 0.5) is 13.2 Å². The molecule has 0 aliphatic heterocycles. The summed E-state index contributed by atoms with van der Waals surface area (Å²) in [6.45, 7) is 4.93. The number of nitrogens with one attached hydrogen (secondary N) is 1. The molecule has 0 bridgehead atoms. The highest BCUT2D eigenvalue weighted by atomic mass is 19.4. The van der Waals surface area contributed by atoms with E-state index < -0.39 is 24.0 Å². The van der Waals surface area contributed by atoms with Crippen LogP contribution in [0.2, 0.25) is 0 Å². The summed E-state index contributed by atoms with van der Waals surface area (Å²) in [5.74, 6) is -2.88. The molecule has 0 rings (SSSR count). The van der Waals surface area contributed by atoms with Gasteiger partial charge in [0.25, 0.3) is 0 Å². The summed E-state index contributed by atoms with van der Waals surface area (Å²) in [6, 6.07) is 0. The number of carbonyl (C=O) groups is 2. The Hall–Kier alpha value is -1.27. The Morgan fingerprint density at radius 3 is 2.28 bits per heavy atom. The predicted octanol–water partition coefficient (Wildman–Crippen LogP) is 2.03. The lowest BCUT2D eigenvalue weighted by Gasteiger charge is -2.15. The van der Waals surface area contributed by atoms with Crippen molar-refractivity contribution in [2.45, 2.75) is 45.9 Å². The van der Waals surface area contributed by atoms with Crippen LogP contribution < -0.4 is 5.32 Å². The summed E-state index contributed by atoms with van der Waals surface area (Å²) in [7, 11) is 0. The monoisotopic (exact) mass is 269 g/mol. The van der Waals surface area contributed by atoms with Gasteiger partial charge in [-0.25, -0.2) is 0 Å². The maximum absolute atomic E-state index is 11.9. The van der Waals surface area contributed by atoms with Gasteiger partial charge in [0, 0.05) is 13.0 Å². The highest BCUT2D eigenvalue weighted by molar-refractivity contribution is 5.81. The minimum atomic E-state index is -4.89. The maximum atomic E-state index is 11.9. The first-order chi connectivity index (χ1) is 8.16. The second-order valence-electron chi connectivity index (χ2n) is 4.23. The lowest BCUT2D eigenvalue weighted by atomic mass is 10.1.